The van der Waals surface area contributed by atoms with Gasteiger partial charge in [-0.25, -0.2) is 0 Å². The molecule has 0 spiro atoms. The average Bonchev–Trinajstić information content (AvgIpc) is 2.53. The van der Waals surface area contributed by atoms with Crippen molar-refractivity contribution < 1.29 is 0 Å². The second-order valence-corrected chi connectivity index (χ2v) is 6.96. The van der Waals surface area contributed by atoms with Crippen LogP contribution < -0.4 is 0 Å². The minimum Gasteiger partial charge on any atom is -0.309 e. The van der Waals surface area contributed by atoms with Crippen molar-refractivity contribution in [3.63, 3.8) is 0 Å². The third-order valence-electron chi connectivity index (χ3n) is 4.97. The van der Waals surface area contributed by atoms with Crippen LogP contribution in [0.3, 0.4) is 0 Å². The lowest BCUT2D eigenvalue weighted by Gasteiger charge is -2.30. The molecule has 1 saturated carbocycles. The first-order chi connectivity index (χ1) is 10.2. The number of hydrogen-bond donors (Lipinski definition) is 0. The molecule has 2 aliphatic rings. The van der Waals surface area contributed by atoms with Gasteiger partial charge in [0, 0.05) is 11.6 Å². The molecule has 0 N–H and O–H groups in total. The molecule has 0 aromatic heterocycles. The van der Waals surface area contributed by atoms with Crippen LogP contribution in [0.25, 0.3) is 0 Å². The third kappa shape index (κ3) is 3.55. The summed E-state index contributed by atoms with van der Waals surface area (Å²) in [7, 11) is 4.31. The van der Waals surface area contributed by atoms with E-state index in [9.17, 15) is 0 Å². The molecule has 0 bridgehead atoms. The molecule has 0 radical (unpaired) electrons. The van der Waals surface area contributed by atoms with Crippen molar-refractivity contribution in [1.29, 1.82) is 0 Å². The predicted molar refractivity (Wildman–Crippen MR) is 90.2 cm³/mol. The zero-order valence-electron chi connectivity index (χ0n) is 13.5. The van der Waals surface area contributed by atoms with E-state index in [1.54, 1.807) is 0 Å². The molecule has 1 aliphatic heterocycles. The van der Waals surface area contributed by atoms with Crippen molar-refractivity contribution in [2.75, 3.05) is 20.6 Å². The van der Waals surface area contributed by atoms with Crippen LogP contribution in [0, 0.1) is 5.92 Å². The van der Waals surface area contributed by atoms with Crippen LogP contribution in [-0.4, -0.2) is 37.3 Å². The van der Waals surface area contributed by atoms with E-state index in [0.717, 1.165) is 13.0 Å². The van der Waals surface area contributed by atoms with Gasteiger partial charge in [0.2, 0.25) is 0 Å². The summed E-state index contributed by atoms with van der Waals surface area (Å²) < 4.78 is 0. The number of nitrogens with zero attached hydrogens (tertiary/aromatic N) is 2. The Labute approximate surface area is 129 Å². The summed E-state index contributed by atoms with van der Waals surface area (Å²) in [6.07, 6.45) is 9.16. The molecule has 1 aromatic carbocycles. The molecule has 1 fully saturated rings. The zero-order chi connectivity index (χ0) is 14.7. The standard InChI is InChI=1S/C19H28N2/c1-21(2)13-12-17-14-16-10-6-7-11-18(16)19(20-17)15-8-4-3-5-9-15/h6-7,10-11,15,17H,3-5,8-9,12-14H2,1-2H3. The Balaban J connectivity index is 1.84. The van der Waals surface area contributed by atoms with Crippen molar-refractivity contribution >= 4 is 5.71 Å². The van der Waals surface area contributed by atoms with Crippen molar-refractivity contribution in [2.45, 2.75) is 51.0 Å². The van der Waals surface area contributed by atoms with Gasteiger partial charge in [0.1, 0.15) is 0 Å². The van der Waals surface area contributed by atoms with Gasteiger partial charge in [0.05, 0.1) is 6.04 Å². The highest BCUT2D eigenvalue weighted by atomic mass is 15.1. The summed E-state index contributed by atoms with van der Waals surface area (Å²) in [5.41, 5.74) is 4.41. The lowest BCUT2D eigenvalue weighted by molar-refractivity contribution is 0.377. The fraction of sp³-hybridized carbons (Fsp3) is 0.632. The van der Waals surface area contributed by atoms with Crippen molar-refractivity contribution in [1.82, 2.24) is 4.90 Å². The largest absolute Gasteiger partial charge is 0.309 e. The Morgan fingerprint density at radius 3 is 2.62 bits per heavy atom. The number of rotatable bonds is 4. The van der Waals surface area contributed by atoms with Crippen molar-refractivity contribution in [3.05, 3.63) is 35.4 Å². The number of hydrogen-bond acceptors (Lipinski definition) is 2. The Morgan fingerprint density at radius 1 is 1.10 bits per heavy atom. The molecule has 2 heteroatoms. The van der Waals surface area contributed by atoms with Crippen LogP contribution in [0.4, 0.5) is 0 Å². The molecule has 1 unspecified atom stereocenters. The van der Waals surface area contributed by atoms with Gasteiger partial charge in [0.25, 0.3) is 0 Å². The SMILES string of the molecule is CN(C)CCC1Cc2ccccc2C(C2CCCCC2)=N1. The van der Waals surface area contributed by atoms with Gasteiger partial charge in [-0.05, 0) is 57.5 Å². The van der Waals surface area contributed by atoms with Crippen LogP contribution in [0.15, 0.2) is 29.3 Å². The molecule has 0 amide bonds. The average molecular weight is 284 g/mol. The maximum atomic E-state index is 5.21. The van der Waals surface area contributed by atoms with Crippen LogP contribution in [-0.2, 0) is 6.42 Å². The number of fused-ring (bicyclic) bond motifs is 1. The quantitative estimate of drug-likeness (QED) is 0.818. The van der Waals surface area contributed by atoms with Gasteiger partial charge in [-0.15, -0.1) is 0 Å². The van der Waals surface area contributed by atoms with Gasteiger partial charge >= 0.3 is 0 Å². The van der Waals surface area contributed by atoms with E-state index in [0.29, 0.717) is 12.0 Å². The highest BCUT2D eigenvalue weighted by molar-refractivity contribution is 6.04. The third-order valence-corrected chi connectivity index (χ3v) is 4.97. The highest BCUT2D eigenvalue weighted by Gasteiger charge is 2.27. The minimum atomic E-state index is 0.485. The summed E-state index contributed by atoms with van der Waals surface area (Å²) >= 11 is 0. The molecule has 0 saturated heterocycles. The fourth-order valence-corrected chi connectivity index (χ4v) is 3.79. The van der Waals surface area contributed by atoms with Crippen LogP contribution in [0.2, 0.25) is 0 Å². The lowest BCUT2D eigenvalue weighted by atomic mass is 9.79. The number of aliphatic imine (C=N–C) groups is 1. The molecule has 1 atom stereocenters. The van der Waals surface area contributed by atoms with Crippen LogP contribution in [0.1, 0.15) is 49.7 Å². The van der Waals surface area contributed by atoms with Gasteiger partial charge in [0.15, 0.2) is 0 Å². The Hall–Kier alpha value is -1.15. The van der Waals surface area contributed by atoms with Gasteiger partial charge in [-0.3, -0.25) is 4.99 Å². The van der Waals surface area contributed by atoms with Gasteiger partial charge in [-0.2, -0.15) is 0 Å². The molecule has 1 heterocycles. The Bertz CT molecular complexity index is 498. The molecule has 114 valence electrons. The first-order valence-electron chi connectivity index (χ1n) is 8.55. The Morgan fingerprint density at radius 2 is 1.86 bits per heavy atom. The van der Waals surface area contributed by atoms with Crippen LogP contribution in [0.5, 0.6) is 0 Å². The first kappa shape index (κ1) is 14.8. The first-order valence-corrected chi connectivity index (χ1v) is 8.55. The summed E-state index contributed by atoms with van der Waals surface area (Å²) in [6, 6.07) is 9.46. The maximum absolute atomic E-state index is 5.21. The minimum absolute atomic E-state index is 0.485. The van der Waals surface area contributed by atoms with E-state index in [2.05, 4.69) is 43.3 Å². The molecule has 2 nitrogen and oxygen atoms in total. The van der Waals surface area contributed by atoms with Gasteiger partial charge < -0.3 is 4.90 Å². The second kappa shape index (κ2) is 6.74. The summed E-state index contributed by atoms with van der Waals surface area (Å²) in [5.74, 6) is 0.710. The second-order valence-electron chi connectivity index (χ2n) is 6.96. The van der Waals surface area contributed by atoms with Gasteiger partial charge in [-0.1, -0.05) is 43.5 Å². The normalized spacial score (nSPS) is 23.0. The van der Waals surface area contributed by atoms with Crippen molar-refractivity contribution in [2.24, 2.45) is 10.9 Å². The molecule has 21 heavy (non-hydrogen) atoms. The molecule has 1 aromatic rings. The smallest absolute Gasteiger partial charge is 0.0555 e. The van der Waals surface area contributed by atoms with E-state index in [-0.39, 0.29) is 0 Å². The van der Waals surface area contributed by atoms with E-state index in [1.165, 1.54) is 55.4 Å². The molecule has 3 rings (SSSR count). The number of benzene rings is 1. The highest BCUT2D eigenvalue weighted by Crippen LogP contribution is 2.32. The Kier molecular flexibility index (Phi) is 4.74. The zero-order valence-corrected chi connectivity index (χ0v) is 13.5. The summed E-state index contributed by atoms with van der Waals surface area (Å²) in [6.45, 7) is 1.13. The maximum Gasteiger partial charge on any atom is 0.0555 e. The monoisotopic (exact) mass is 284 g/mol. The van der Waals surface area contributed by atoms with E-state index in [4.69, 9.17) is 4.99 Å². The molecule has 1 aliphatic carbocycles. The summed E-state index contributed by atoms with van der Waals surface area (Å²) in [4.78, 5) is 7.48. The van der Waals surface area contributed by atoms with Crippen molar-refractivity contribution in [3.8, 4) is 0 Å². The fourth-order valence-electron chi connectivity index (χ4n) is 3.79. The van der Waals surface area contributed by atoms with E-state index < -0.39 is 0 Å². The predicted octanol–water partition coefficient (Wildman–Crippen LogP) is 3.93. The lowest BCUT2D eigenvalue weighted by Crippen LogP contribution is -2.29. The topological polar surface area (TPSA) is 15.6 Å². The molecular formula is C19H28N2. The van der Waals surface area contributed by atoms with E-state index in [1.807, 2.05) is 0 Å². The molecular weight excluding hydrogens is 256 g/mol. The van der Waals surface area contributed by atoms with E-state index >= 15 is 0 Å². The summed E-state index contributed by atoms with van der Waals surface area (Å²) in [5, 5.41) is 0. The van der Waals surface area contributed by atoms with Crippen LogP contribution >= 0.6 is 0 Å².